The molecule has 1 atom stereocenters. The molecule has 1 unspecified atom stereocenters. The second-order valence-electron chi connectivity index (χ2n) is 5.92. The van der Waals surface area contributed by atoms with E-state index in [1.165, 1.54) is 19.3 Å². The van der Waals surface area contributed by atoms with E-state index >= 15 is 0 Å². The van der Waals surface area contributed by atoms with Crippen LogP contribution in [0.3, 0.4) is 0 Å². The molecule has 0 radical (unpaired) electrons. The first-order valence-electron chi connectivity index (χ1n) is 6.05. The summed E-state index contributed by atoms with van der Waals surface area (Å²) in [7, 11) is 0. The predicted molar refractivity (Wildman–Crippen MR) is 63.3 cm³/mol. The van der Waals surface area contributed by atoms with Crippen LogP contribution in [0.5, 0.6) is 0 Å². The number of ether oxygens (including phenoxy) is 1. The summed E-state index contributed by atoms with van der Waals surface area (Å²) in [6.07, 6.45) is 4.72. The molecule has 1 fully saturated rings. The van der Waals surface area contributed by atoms with Crippen molar-refractivity contribution in [1.29, 1.82) is 0 Å². The van der Waals surface area contributed by atoms with Gasteiger partial charge in [-0.1, -0.05) is 20.8 Å². The van der Waals surface area contributed by atoms with Crippen LogP contribution in [0, 0.1) is 11.3 Å². The van der Waals surface area contributed by atoms with E-state index < -0.39 is 0 Å². The summed E-state index contributed by atoms with van der Waals surface area (Å²) in [6.45, 7) is 8.65. The van der Waals surface area contributed by atoms with Crippen molar-refractivity contribution in [3.8, 4) is 0 Å². The Morgan fingerprint density at radius 3 is 2.40 bits per heavy atom. The Morgan fingerprint density at radius 2 is 1.93 bits per heavy atom. The molecule has 0 aromatic heterocycles. The molecule has 1 aliphatic rings. The van der Waals surface area contributed by atoms with Crippen molar-refractivity contribution in [1.82, 2.24) is 5.43 Å². The fraction of sp³-hybridized carbons (Fsp3) is 1.00. The molecule has 3 heteroatoms. The first-order valence-corrected chi connectivity index (χ1v) is 6.05. The van der Waals surface area contributed by atoms with Gasteiger partial charge >= 0.3 is 0 Å². The third-order valence-electron chi connectivity index (χ3n) is 3.05. The molecule has 3 N–H and O–H groups in total. The molecular weight excluding hydrogens is 188 g/mol. The molecule has 90 valence electrons. The second-order valence-corrected chi connectivity index (χ2v) is 5.92. The lowest BCUT2D eigenvalue weighted by Gasteiger charge is -2.30. The molecule has 0 aromatic rings. The largest absolute Gasteiger partial charge is 0.381 e. The van der Waals surface area contributed by atoms with Gasteiger partial charge in [-0.3, -0.25) is 11.3 Å². The van der Waals surface area contributed by atoms with E-state index in [1.54, 1.807) is 0 Å². The monoisotopic (exact) mass is 214 g/mol. The maximum atomic E-state index is 5.62. The van der Waals surface area contributed by atoms with Gasteiger partial charge in [-0.15, -0.1) is 0 Å². The highest BCUT2D eigenvalue weighted by atomic mass is 16.5. The molecule has 0 aromatic carbocycles. The quantitative estimate of drug-likeness (QED) is 0.556. The number of nitrogens with two attached hydrogens (primary N) is 1. The number of nitrogens with one attached hydrogen (secondary N) is 1. The lowest BCUT2D eigenvalue weighted by Crippen LogP contribution is -2.40. The van der Waals surface area contributed by atoms with E-state index in [-0.39, 0.29) is 0 Å². The maximum Gasteiger partial charge on any atom is 0.0468 e. The number of rotatable bonds is 4. The standard InChI is InChI=1S/C12H26N2O/c1-12(2,3)9-11(14-13)8-10-4-6-15-7-5-10/h10-11,14H,4-9,13H2,1-3H3. The highest BCUT2D eigenvalue weighted by Crippen LogP contribution is 2.26. The van der Waals surface area contributed by atoms with Crippen LogP contribution in [0.2, 0.25) is 0 Å². The minimum absolute atomic E-state index is 0.349. The van der Waals surface area contributed by atoms with Gasteiger partial charge in [0, 0.05) is 19.3 Å². The minimum atomic E-state index is 0.349. The van der Waals surface area contributed by atoms with Crippen LogP contribution >= 0.6 is 0 Å². The van der Waals surface area contributed by atoms with Gasteiger partial charge in [-0.2, -0.15) is 0 Å². The molecule has 0 saturated carbocycles. The summed E-state index contributed by atoms with van der Waals surface area (Å²) < 4.78 is 5.36. The third kappa shape index (κ3) is 5.50. The second kappa shape index (κ2) is 5.83. The Morgan fingerprint density at radius 1 is 1.33 bits per heavy atom. The highest BCUT2D eigenvalue weighted by Gasteiger charge is 2.22. The lowest BCUT2D eigenvalue weighted by molar-refractivity contribution is 0.0587. The molecule has 1 aliphatic heterocycles. The van der Waals surface area contributed by atoms with Crippen LogP contribution < -0.4 is 11.3 Å². The summed E-state index contributed by atoms with van der Waals surface area (Å²) in [6, 6.07) is 0.452. The van der Waals surface area contributed by atoms with E-state index in [2.05, 4.69) is 26.2 Å². The molecule has 0 bridgehead atoms. The van der Waals surface area contributed by atoms with Crippen molar-refractivity contribution in [3.05, 3.63) is 0 Å². The van der Waals surface area contributed by atoms with Crippen LogP contribution in [-0.2, 0) is 4.74 Å². The van der Waals surface area contributed by atoms with Crippen molar-refractivity contribution in [2.24, 2.45) is 17.2 Å². The molecular formula is C12H26N2O. The van der Waals surface area contributed by atoms with E-state index in [1.807, 2.05) is 0 Å². The average Bonchev–Trinajstić information content (AvgIpc) is 2.16. The molecule has 0 spiro atoms. The summed E-state index contributed by atoms with van der Waals surface area (Å²) in [5.41, 5.74) is 3.31. The van der Waals surface area contributed by atoms with E-state index in [9.17, 15) is 0 Å². The summed E-state index contributed by atoms with van der Waals surface area (Å²) in [4.78, 5) is 0. The van der Waals surface area contributed by atoms with Gasteiger partial charge in [0.2, 0.25) is 0 Å². The van der Waals surface area contributed by atoms with E-state index in [4.69, 9.17) is 10.6 Å². The normalized spacial score (nSPS) is 21.6. The number of hydrogen-bond acceptors (Lipinski definition) is 3. The van der Waals surface area contributed by atoms with Crippen LogP contribution in [0.4, 0.5) is 0 Å². The lowest BCUT2D eigenvalue weighted by atomic mass is 9.83. The van der Waals surface area contributed by atoms with Gasteiger partial charge in [-0.05, 0) is 37.0 Å². The van der Waals surface area contributed by atoms with Gasteiger partial charge in [0.05, 0.1) is 0 Å². The van der Waals surface area contributed by atoms with Crippen LogP contribution in [-0.4, -0.2) is 19.3 Å². The van der Waals surface area contributed by atoms with Gasteiger partial charge in [-0.25, -0.2) is 0 Å². The van der Waals surface area contributed by atoms with Gasteiger partial charge in [0.1, 0.15) is 0 Å². The minimum Gasteiger partial charge on any atom is -0.381 e. The molecule has 15 heavy (non-hydrogen) atoms. The van der Waals surface area contributed by atoms with Crippen molar-refractivity contribution >= 4 is 0 Å². The molecule has 0 amide bonds. The number of hydrazine groups is 1. The van der Waals surface area contributed by atoms with Gasteiger partial charge < -0.3 is 4.74 Å². The predicted octanol–water partition coefficient (Wildman–Crippen LogP) is 2.07. The van der Waals surface area contributed by atoms with Gasteiger partial charge in [0.15, 0.2) is 0 Å². The molecule has 1 heterocycles. The summed E-state index contributed by atoms with van der Waals surface area (Å²) in [5.74, 6) is 6.41. The van der Waals surface area contributed by atoms with Gasteiger partial charge in [0.25, 0.3) is 0 Å². The highest BCUT2D eigenvalue weighted by molar-refractivity contribution is 4.77. The maximum absolute atomic E-state index is 5.62. The Bertz CT molecular complexity index is 171. The van der Waals surface area contributed by atoms with Crippen LogP contribution in [0.25, 0.3) is 0 Å². The fourth-order valence-electron chi connectivity index (χ4n) is 2.33. The van der Waals surface area contributed by atoms with Crippen molar-refractivity contribution in [2.45, 2.75) is 52.5 Å². The zero-order chi connectivity index (χ0) is 11.3. The molecule has 0 aliphatic carbocycles. The Kier molecular flexibility index (Phi) is 5.03. The molecule has 1 rings (SSSR count). The van der Waals surface area contributed by atoms with E-state index in [0.717, 1.165) is 25.6 Å². The van der Waals surface area contributed by atoms with Crippen LogP contribution in [0.15, 0.2) is 0 Å². The summed E-state index contributed by atoms with van der Waals surface area (Å²) in [5, 5.41) is 0. The Hall–Kier alpha value is -0.120. The SMILES string of the molecule is CC(C)(C)CC(CC1CCOCC1)NN. The topological polar surface area (TPSA) is 47.3 Å². The zero-order valence-electron chi connectivity index (χ0n) is 10.4. The van der Waals surface area contributed by atoms with Crippen molar-refractivity contribution in [2.75, 3.05) is 13.2 Å². The van der Waals surface area contributed by atoms with Crippen molar-refractivity contribution < 1.29 is 4.74 Å². The van der Waals surface area contributed by atoms with Crippen LogP contribution in [0.1, 0.15) is 46.5 Å². The first kappa shape index (κ1) is 12.9. The summed E-state index contributed by atoms with van der Waals surface area (Å²) >= 11 is 0. The Labute approximate surface area is 93.7 Å². The van der Waals surface area contributed by atoms with E-state index in [0.29, 0.717) is 11.5 Å². The first-order chi connectivity index (χ1) is 7.01. The fourth-order valence-corrected chi connectivity index (χ4v) is 2.33. The third-order valence-corrected chi connectivity index (χ3v) is 3.05. The van der Waals surface area contributed by atoms with Crippen molar-refractivity contribution in [3.63, 3.8) is 0 Å². The average molecular weight is 214 g/mol. The molecule has 1 saturated heterocycles. The Balaban J connectivity index is 2.31. The number of hydrogen-bond donors (Lipinski definition) is 2. The smallest absolute Gasteiger partial charge is 0.0468 e. The molecule has 3 nitrogen and oxygen atoms in total. The zero-order valence-corrected chi connectivity index (χ0v) is 10.4.